The summed E-state index contributed by atoms with van der Waals surface area (Å²) in [5, 5.41) is 3.09. The van der Waals surface area contributed by atoms with E-state index in [2.05, 4.69) is 40.1 Å². The molecular weight excluding hydrogens is 448 g/mol. The summed E-state index contributed by atoms with van der Waals surface area (Å²) in [5.41, 5.74) is 2.97. The second-order valence-electron chi connectivity index (χ2n) is 8.41. The number of hydrogen-bond donors (Lipinski definition) is 0. The lowest BCUT2D eigenvalue weighted by Gasteiger charge is -2.38. The number of benzene rings is 3. The zero-order valence-corrected chi connectivity index (χ0v) is 20.4. The molecule has 1 aliphatic heterocycles. The largest absolute Gasteiger partial charge is 0.483 e. The first-order valence-electron chi connectivity index (χ1n) is 11.2. The Labute approximate surface area is 204 Å². The fraction of sp³-hybridized carbons (Fsp3) is 0.259. The number of hydrogen-bond acceptors (Lipinski definition) is 5. The van der Waals surface area contributed by atoms with Crippen molar-refractivity contribution >= 4 is 56.9 Å². The molecule has 0 N–H and O–H groups in total. The minimum atomic E-state index is -0.220. The van der Waals surface area contributed by atoms with Crippen molar-refractivity contribution in [3.05, 3.63) is 77.0 Å². The van der Waals surface area contributed by atoms with Crippen LogP contribution >= 0.6 is 24.4 Å². The number of thiocarbonyl (C=S) groups is 1. The van der Waals surface area contributed by atoms with Gasteiger partial charge in [0.1, 0.15) is 22.4 Å². The van der Waals surface area contributed by atoms with E-state index in [9.17, 15) is 0 Å². The molecule has 0 spiro atoms. The topological polar surface area (TPSA) is 28.9 Å². The molecule has 1 fully saturated rings. The fourth-order valence-electron chi connectivity index (χ4n) is 4.51. The van der Waals surface area contributed by atoms with E-state index in [0.29, 0.717) is 4.71 Å². The zero-order valence-electron chi connectivity index (χ0n) is 18.8. The zero-order chi connectivity index (χ0) is 22.9. The van der Waals surface area contributed by atoms with Crippen molar-refractivity contribution in [2.75, 3.05) is 31.1 Å². The van der Waals surface area contributed by atoms with Gasteiger partial charge in [0, 0.05) is 48.2 Å². The van der Waals surface area contributed by atoms with Crippen LogP contribution in [0.4, 0.5) is 5.69 Å². The number of rotatable bonds is 4. The summed E-state index contributed by atoms with van der Waals surface area (Å²) in [6, 6.07) is 22.7. The van der Waals surface area contributed by atoms with Crippen molar-refractivity contribution in [1.82, 2.24) is 4.90 Å². The molecule has 6 heteroatoms. The molecule has 0 unspecified atom stereocenters. The average Bonchev–Trinajstić information content (AvgIpc) is 2.86. The molecule has 1 aromatic heterocycles. The molecule has 0 bridgehead atoms. The third-order valence-electron chi connectivity index (χ3n) is 6.35. The van der Waals surface area contributed by atoms with Crippen LogP contribution in [0.15, 0.2) is 71.1 Å². The van der Waals surface area contributed by atoms with E-state index in [-0.39, 0.29) is 6.10 Å². The van der Waals surface area contributed by atoms with E-state index in [1.165, 1.54) is 5.69 Å². The first kappa shape index (κ1) is 21.9. The van der Waals surface area contributed by atoms with Crippen LogP contribution in [0, 0.1) is 11.6 Å². The highest BCUT2D eigenvalue weighted by molar-refractivity contribution is 7.80. The van der Waals surface area contributed by atoms with Crippen LogP contribution in [0.5, 0.6) is 5.75 Å². The number of para-hydroxylation sites is 1. The first-order valence-corrected chi connectivity index (χ1v) is 12.0. The van der Waals surface area contributed by atoms with Crippen LogP contribution in [0.3, 0.4) is 0 Å². The SMILES string of the molecule is Cc1c(O[C@@H](C)C(=S)N2CCN(c3ccccc3)CC2)ccc2c1oc(=S)c1ccccc12. The van der Waals surface area contributed by atoms with Crippen molar-refractivity contribution < 1.29 is 9.15 Å². The molecule has 33 heavy (non-hydrogen) atoms. The van der Waals surface area contributed by atoms with E-state index in [4.69, 9.17) is 33.6 Å². The quantitative estimate of drug-likeness (QED) is 0.246. The van der Waals surface area contributed by atoms with E-state index < -0.39 is 0 Å². The van der Waals surface area contributed by atoms with Gasteiger partial charge < -0.3 is 19.0 Å². The normalized spacial score (nSPS) is 15.1. The third-order valence-corrected chi connectivity index (χ3v) is 7.25. The van der Waals surface area contributed by atoms with Gasteiger partial charge in [-0.1, -0.05) is 48.6 Å². The minimum Gasteiger partial charge on any atom is -0.483 e. The lowest BCUT2D eigenvalue weighted by molar-refractivity contribution is 0.259. The highest BCUT2D eigenvalue weighted by Gasteiger charge is 2.24. The molecule has 168 valence electrons. The van der Waals surface area contributed by atoms with Gasteiger partial charge in [-0.25, -0.2) is 0 Å². The standard InChI is InChI=1S/C27H26N2O2S2/c1-18-24(13-12-22-21-10-6-7-11-23(21)27(33)31-25(18)22)30-19(2)26(32)29-16-14-28(15-17-29)20-8-4-3-5-9-20/h3-13,19H,14-17H2,1-2H3/t19-/m0/s1. The van der Waals surface area contributed by atoms with Gasteiger partial charge in [-0.05, 0) is 61.8 Å². The second kappa shape index (κ2) is 9.12. The van der Waals surface area contributed by atoms with Gasteiger partial charge >= 0.3 is 0 Å². The van der Waals surface area contributed by atoms with E-state index in [1.807, 2.05) is 50.2 Å². The number of anilines is 1. The Hall–Kier alpha value is -2.96. The number of piperazine rings is 1. The van der Waals surface area contributed by atoms with Gasteiger partial charge in [0.25, 0.3) is 0 Å². The predicted octanol–water partition coefficient (Wildman–Crippen LogP) is 6.54. The van der Waals surface area contributed by atoms with Gasteiger partial charge in [-0.15, -0.1) is 0 Å². The molecular formula is C27H26N2O2S2. The third kappa shape index (κ3) is 4.21. The lowest BCUT2D eigenvalue weighted by atomic mass is 10.0. The van der Waals surface area contributed by atoms with Crippen molar-refractivity contribution in [2.24, 2.45) is 0 Å². The maximum Gasteiger partial charge on any atom is 0.198 e. The van der Waals surface area contributed by atoms with Crippen molar-refractivity contribution in [3.8, 4) is 5.75 Å². The van der Waals surface area contributed by atoms with Crippen molar-refractivity contribution in [3.63, 3.8) is 0 Å². The Morgan fingerprint density at radius 3 is 2.27 bits per heavy atom. The first-order chi connectivity index (χ1) is 16.0. The number of ether oxygens (including phenoxy) is 1. The van der Waals surface area contributed by atoms with Crippen LogP contribution < -0.4 is 9.64 Å². The minimum absolute atomic E-state index is 0.220. The molecule has 2 heterocycles. The van der Waals surface area contributed by atoms with E-state index >= 15 is 0 Å². The summed E-state index contributed by atoms with van der Waals surface area (Å²) >= 11 is 11.3. The van der Waals surface area contributed by atoms with Crippen molar-refractivity contribution in [1.29, 1.82) is 0 Å². The summed E-state index contributed by atoms with van der Waals surface area (Å²) in [6.07, 6.45) is -0.220. The summed E-state index contributed by atoms with van der Waals surface area (Å²) < 4.78 is 12.9. The van der Waals surface area contributed by atoms with Gasteiger partial charge in [0.05, 0.1) is 0 Å². The van der Waals surface area contributed by atoms with Crippen LogP contribution in [-0.4, -0.2) is 42.2 Å². The van der Waals surface area contributed by atoms with E-state index in [1.54, 1.807) is 0 Å². The summed E-state index contributed by atoms with van der Waals surface area (Å²) in [7, 11) is 0. The maximum absolute atomic E-state index is 6.34. The fourth-order valence-corrected chi connectivity index (χ4v) is 5.00. The summed E-state index contributed by atoms with van der Waals surface area (Å²) in [5.74, 6) is 0.772. The Kier molecular flexibility index (Phi) is 6.04. The molecule has 0 aliphatic carbocycles. The van der Waals surface area contributed by atoms with Crippen LogP contribution in [0.2, 0.25) is 0 Å². The molecule has 5 rings (SSSR count). The molecule has 0 saturated carbocycles. The molecule has 1 atom stereocenters. The molecule has 3 aromatic carbocycles. The lowest BCUT2D eigenvalue weighted by Crippen LogP contribution is -2.51. The number of fused-ring (bicyclic) bond motifs is 3. The predicted molar refractivity (Wildman–Crippen MR) is 142 cm³/mol. The van der Waals surface area contributed by atoms with Gasteiger partial charge in [-0.3, -0.25) is 0 Å². The molecule has 0 amide bonds. The Balaban J connectivity index is 1.32. The Bertz CT molecular complexity index is 1380. The molecule has 4 nitrogen and oxygen atoms in total. The van der Waals surface area contributed by atoms with Crippen LogP contribution in [-0.2, 0) is 0 Å². The number of nitrogens with zero attached hydrogens (tertiary/aromatic N) is 2. The highest BCUT2D eigenvalue weighted by atomic mass is 32.1. The van der Waals surface area contributed by atoms with Crippen LogP contribution in [0.25, 0.3) is 21.7 Å². The second-order valence-corrected chi connectivity index (χ2v) is 9.20. The van der Waals surface area contributed by atoms with Gasteiger partial charge in [-0.2, -0.15) is 0 Å². The average molecular weight is 475 g/mol. The molecule has 0 radical (unpaired) electrons. The van der Waals surface area contributed by atoms with E-state index in [0.717, 1.165) is 64.2 Å². The molecule has 4 aromatic rings. The van der Waals surface area contributed by atoms with Gasteiger partial charge in [0.15, 0.2) is 4.71 Å². The highest BCUT2D eigenvalue weighted by Crippen LogP contribution is 2.33. The monoisotopic (exact) mass is 474 g/mol. The summed E-state index contributed by atoms with van der Waals surface area (Å²) in [6.45, 7) is 7.70. The smallest absolute Gasteiger partial charge is 0.198 e. The Morgan fingerprint density at radius 2 is 1.55 bits per heavy atom. The summed E-state index contributed by atoms with van der Waals surface area (Å²) in [4.78, 5) is 5.49. The molecule has 1 aliphatic rings. The maximum atomic E-state index is 6.34. The number of aryl methyl sites for hydroxylation is 1. The van der Waals surface area contributed by atoms with Gasteiger partial charge in [0.2, 0.25) is 0 Å². The molecule has 1 saturated heterocycles. The Morgan fingerprint density at radius 1 is 0.879 bits per heavy atom. The van der Waals surface area contributed by atoms with Crippen LogP contribution in [0.1, 0.15) is 12.5 Å². The van der Waals surface area contributed by atoms with Crippen molar-refractivity contribution in [2.45, 2.75) is 20.0 Å².